The summed E-state index contributed by atoms with van der Waals surface area (Å²) in [6, 6.07) is 0. The molecule has 0 saturated heterocycles. The maximum Gasteiger partial charge on any atom is 0.472 e. The molecule has 1 aliphatic carbocycles. The van der Waals surface area contributed by atoms with Crippen LogP contribution in [0.2, 0.25) is 0 Å². The minimum atomic E-state index is -4.45. The van der Waals surface area contributed by atoms with Crippen molar-refractivity contribution in [3.8, 4) is 0 Å². The quantitative estimate of drug-likeness (QED) is 0.0179. The van der Waals surface area contributed by atoms with E-state index < -0.39 is 50.6 Å². The normalized spacial score (nSPS) is 19.5. The van der Waals surface area contributed by atoms with Crippen LogP contribution in [0.4, 0.5) is 0 Å². The van der Waals surface area contributed by atoms with Crippen molar-refractivity contribution in [1.82, 2.24) is 0 Å². The third kappa shape index (κ3) is 30.5. The fourth-order valence-corrected chi connectivity index (χ4v) is 7.63. The molecule has 342 valence electrons. The number of phosphoric acid groups is 1. The molecule has 0 bridgehead atoms. The third-order valence-electron chi connectivity index (χ3n) is 10.5. The summed E-state index contributed by atoms with van der Waals surface area (Å²) >= 11 is 0. The van der Waals surface area contributed by atoms with Crippen molar-refractivity contribution in [2.24, 2.45) is 11.8 Å². The van der Waals surface area contributed by atoms with Gasteiger partial charge in [-0.15, -0.1) is 0 Å². The Hall–Kier alpha value is -2.18. The van der Waals surface area contributed by atoms with E-state index in [0.717, 1.165) is 83.5 Å². The molecular formula is C46H83NO11P+. The number of carbonyl (C=O) groups excluding carboxylic acids is 3. The lowest BCUT2D eigenvalue weighted by Crippen LogP contribution is -2.37. The van der Waals surface area contributed by atoms with Crippen molar-refractivity contribution < 1.29 is 57.1 Å². The van der Waals surface area contributed by atoms with E-state index >= 15 is 0 Å². The topological polar surface area (TPSA) is 166 Å². The Kier molecular flexibility index (Phi) is 31.1. The Morgan fingerprint density at radius 1 is 0.797 bits per heavy atom. The molecule has 1 saturated carbocycles. The largest absolute Gasteiger partial charge is 0.472 e. The van der Waals surface area contributed by atoms with Crippen molar-refractivity contribution in [2.45, 2.75) is 180 Å². The average molecular weight is 857 g/mol. The number of nitrogens with zero attached hydrogens (tertiary/aromatic N) is 1. The maximum absolute atomic E-state index is 12.8. The van der Waals surface area contributed by atoms with Gasteiger partial charge in [0, 0.05) is 25.2 Å². The SMILES string of the molecule is CCCCC/C=C\C/C=C\CCCCCCCC(=O)OC[C@H](COP(=O)(O)OCC[N+](C)(C)C)OC(=O)CCCCCC[C@H]1[C@@H](O)CC(=O)[C@@H]1/C=C/[C@@H](O)CCCCC. The van der Waals surface area contributed by atoms with Crippen LogP contribution in [0.15, 0.2) is 36.5 Å². The molecule has 13 heteroatoms. The number of likely N-dealkylation sites (N-methyl/N-ethyl adjacent to an activating group) is 1. The fraction of sp³-hybridized carbons (Fsp3) is 0.804. The number of phosphoric ester groups is 1. The van der Waals surface area contributed by atoms with Gasteiger partial charge < -0.3 is 29.1 Å². The van der Waals surface area contributed by atoms with Crippen molar-refractivity contribution in [1.29, 1.82) is 0 Å². The zero-order valence-corrected chi connectivity index (χ0v) is 38.3. The minimum Gasteiger partial charge on any atom is -0.462 e. The van der Waals surface area contributed by atoms with E-state index in [2.05, 4.69) is 38.2 Å². The molecule has 0 aromatic rings. The van der Waals surface area contributed by atoms with E-state index in [-0.39, 0.29) is 44.2 Å². The molecule has 3 N–H and O–H groups in total. The Bertz CT molecular complexity index is 1260. The first-order valence-corrected chi connectivity index (χ1v) is 24.3. The van der Waals surface area contributed by atoms with Crippen LogP contribution < -0.4 is 0 Å². The lowest BCUT2D eigenvalue weighted by Gasteiger charge is -2.24. The number of Topliss-reactive ketones (excluding diaryl/α,β-unsaturated/α-hetero) is 1. The lowest BCUT2D eigenvalue weighted by molar-refractivity contribution is -0.870. The molecule has 0 radical (unpaired) electrons. The highest BCUT2D eigenvalue weighted by molar-refractivity contribution is 7.47. The first-order chi connectivity index (χ1) is 28.2. The van der Waals surface area contributed by atoms with Crippen molar-refractivity contribution in [3.05, 3.63) is 36.5 Å². The molecule has 1 aliphatic rings. The Balaban J connectivity index is 2.48. The molecule has 1 rings (SSSR count). The number of ketones is 1. The number of rotatable bonds is 37. The molecule has 0 aliphatic heterocycles. The predicted octanol–water partition coefficient (Wildman–Crippen LogP) is 9.50. The van der Waals surface area contributed by atoms with Gasteiger partial charge in [0.15, 0.2) is 6.10 Å². The zero-order chi connectivity index (χ0) is 43.8. The van der Waals surface area contributed by atoms with Gasteiger partial charge in [-0.2, -0.15) is 0 Å². The van der Waals surface area contributed by atoms with Gasteiger partial charge in [-0.3, -0.25) is 23.4 Å². The summed E-state index contributed by atoms with van der Waals surface area (Å²) in [7, 11) is 1.32. The molecule has 1 unspecified atom stereocenters. The first-order valence-electron chi connectivity index (χ1n) is 22.8. The Morgan fingerprint density at radius 2 is 1.39 bits per heavy atom. The molecule has 6 atom stereocenters. The van der Waals surface area contributed by atoms with Crippen LogP contribution in [0, 0.1) is 11.8 Å². The summed E-state index contributed by atoms with van der Waals surface area (Å²) in [5.74, 6) is -1.56. The van der Waals surface area contributed by atoms with Crippen molar-refractivity contribution >= 4 is 25.5 Å². The molecule has 0 heterocycles. The summed E-state index contributed by atoms with van der Waals surface area (Å²) in [4.78, 5) is 48.1. The van der Waals surface area contributed by atoms with E-state index in [1.165, 1.54) is 19.3 Å². The highest BCUT2D eigenvalue weighted by atomic mass is 31.2. The predicted molar refractivity (Wildman–Crippen MR) is 234 cm³/mol. The average Bonchev–Trinajstić information content (AvgIpc) is 3.44. The van der Waals surface area contributed by atoms with Gasteiger partial charge in [0.25, 0.3) is 0 Å². The van der Waals surface area contributed by atoms with Crippen LogP contribution in [-0.4, -0.2) is 103 Å². The molecule has 0 spiro atoms. The van der Waals surface area contributed by atoms with Crippen LogP contribution in [0.3, 0.4) is 0 Å². The van der Waals surface area contributed by atoms with E-state index in [0.29, 0.717) is 36.7 Å². The zero-order valence-electron chi connectivity index (χ0n) is 37.4. The number of hydrogen-bond acceptors (Lipinski definition) is 10. The van der Waals surface area contributed by atoms with Crippen LogP contribution in [0.1, 0.15) is 162 Å². The molecule has 12 nitrogen and oxygen atoms in total. The number of allylic oxidation sites excluding steroid dienone is 5. The second-order valence-electron chi connectivity index (χ2n) is 17.2. The van der Waals surface area contributed by atoms with E-state index in [4.69, 9.17) is 18.5 Å². The number of ether oxygens (including phenoxy) is 2. The Labute approximate surface area is 357 Å². The second kappa shape index (κ2) is 33.4. The second-order valence-corrected chi connectivity index (χ2v) is 18.7. The monoisotopic (exact) mass is 857 g/mol. The highest BCUT2D eigenvalue weighted by Crippen LogP contribution is 2.43. The van der Waals surface area contributed by atoms with Crippen molar-refractivity contribution in [2.75, 3.05) is 47.5 Å². The molecule has 0 aromatic heterocycles. The molecule has 0 aromatic carbocycles. The number of unbranched alkanes of at least 4 members (excludes halogenated alkanes) is 13. The van der Waals surface area contributed by atoms with Crippen LogP contribution in [-0.2, 0) is 37.5 Å². The summed E-state index contributed by atoms with van der Waals surface area (Å²) in [5.41, 5.74) is 0. The number of esters is 2. The first kappa shape index (κ1) is 54.8. The van der Waals surface area contributed by atoms with Gasteiger partial charge in [-0.1, -0.05) is 121 Å². The number of hydrogen-bond donors (Lipinski definition) is 3. The van der Waals surface area contributed by atoms with E-state index in [1.54, 1.807) is 12.2 Å². The van der Waals surface area contributed by atoms with Crippen LogP contribution in [0.25, 0.3) is 0 Å². The lowest BCUT2D eigenvalue weighted by atomic mass is 9.88. The number of carbonyl (C=O) groups is 3. The van der Waals surface area contributed by atoms with E-state index in [1.807, 2.05) is 21.1 Å². The van der Waals surface area contributed by atoms with Gasteiger partial charge in [0.05, 0.1) is 40.0 Å². The summed E-state index contributed by atoms with van der Waals surface area (Å²) < 4.78 is 34.3. The fourth-order valence-electron chi connectivity index (χ4n) is 6.89. The van der Waals surface area contributed by atoms with Gasteiger partial charge in [-0.25, -0.2) is 4.57 Å². The smallest absolute Gasteiger partial charge is 0.462 e. The summed E-state index contributed by atoms with van der Waals surface area (Å²) in [6.45, 7) is 3.99. The maximum atomic E-state index is 12.8. The number of aliphatic hydroxyl groups is 2. The molecular weight excluding hydrogens is 773 g/mol. The number of quaternary nitrogens is 1. The van der Waals surface area contributed by atoms with Crippen LogP contribution >= 0.6 is 7.82 Å². The Morgan fingerprint density at radius 3 is 2.05 bits per heavy atom. The van der Waals surface area contributed by atoms with Crippen molar-refractivity contribution in [3.63, 3.8) is 0 Å². The standard InChI is InChI=1S/C46H82NO11P/c1-6-8-10-11-12-13-14-15-16-17-18-19-20-21-26-30-45(51)55-37-40(38-57-59(53,54)56-35-34-47(3,4)5)58-46(52)31-27-23-22-25-29-41-42(44(50)36-43(41)49)33-32-39(48)28-24-9-7-2/h12-13,15-16,32-33,39-43,48-49H,6-11,14,17-31,34-38H2,1-5H3/p+1/b13-12-,16-15-,33-32+/t39-,40+,41+,42+,43-/m0/s1. The molecule has 1 fully saturated rings. The van der Waals surface area contributed by atoms with Gasteiger partial charge >= 0.3 is 19.8 Å². The summed E-state index contributed by atoms with van der Waals surface area (Å²) in [6.07, 6.45) is 29.5. The minimum absolute atomic E-state index is 0.00117. The summed E-state index contributed by atoms with van der Waals surface area (Å²) in [5, 5.41) is 20.8. The van der Waals surface area contributed by atoms with Gasteiger partial charge in [-0.05, 0) is 63.7 Å². The molecule has 0 amide bonds. The molecule has 59 heavy (non-hydrogen) atoms. The third-order valence-corrected chi connectivity index (χ3v) is 11.5. The highest BCUT2D eigenvalue weighted by Gasteiger charge is 2.39. The number of aliphatic hydroxyl groups excluding tert-OH is 2. The van der Waals surface area contributed by atoms with Gasteiger partial charge in [0.2, 0.25) is 0 Å². The van der Waals surface area contributed by atoms with E-state index in [9.17, 15) is 34.1 Å². The van der Waals surface area contributed by atoms with Gasteiger partial charge in [0.1, 0.15) is 25.5 Å². The van der Waals surface area contributed by atoms with Crippen LogP contribution in [0.5, 0.6) is 0 Å².